The summed E-state index contributed by atoms with van der Waals surface area (Å²) in [6.07, 6.45) is 3.16. The maximum atomic E-state index is 13.6. The van der Waals surface area contributed by atoms with Gasteiger partial charge < -0.3 is 5.73 Å². The third-order valence-corrected chi connectivity index (χ3v) is 3.58. The lowest BCUT2D eigenvalue weighted by Crippen LogP contribution is -2.01. The monoisotopic (exact) mass is 263 g/mol. The van der Waals surface area contributed by atoms with Crippen LogP contribution in [0.4, 0.5) is 10.2 Å². The second-order valence-corrected chi connectivity index (χ2v) is 4.86. The zero-order chi connectivity index (χ0) is 13.0. The molecule has 0 spiro atoms. The van der Waals surface area contributed by atoms with E-state index in [1.807, 2.05) is 0 Å². The van der Waals surface area contributed by atoms with Crippen molar-refractivity contribution in [3.05, 3.63) is 42.0 Å². The van der Waals surface area contributed by atoms with Crippen LogP contribution in [0.2, 0.25) is 0 Å². The fraction of sp³-hybridized carbons (Fsp3) is 0.231. The van der Waals surface area contributed by atoms with Crippen LogP contribution in [-0.2, 0) is 6.42 Å². The maximum absolute atomic E-state index is 13.6. The van der Waals surface area contributed by atoms with E-state index in [2.05, 4.69) is 16.9 Å². The normalized spacial score (nSPS) is 10.6. The largest absolute Gasteiger partial charge is 0.383 e. The molecule has 3 nitrogen and oxygen atoms in total. The zero-order valence-electron chi connectivity index (χ0n) is 10.1. The molecule has 1 heterocycles. The van der Waals surface area contributed by atoms with Crippen LogP contribution in [0.1, 0.15) is 18.9 Å². The summed E-state index contributed by atoms with van der Waals surface area (Å²) in [5.74, 6) is 0.229. The molecule has 2 N–H and O–H groups in total. The molecule has 18 heavy (non-hydrogen) atoms. The molecule has 1 aromatic heterocycles. The minimum absolute atomic E-state index is 0.248. The molecule has 0 amide bonds. The van der Waals surface area contributed by atoms with Crippen molar-refractivity contribution in [2.75, 3.05) is 5.73 Å². The van der Waals surface area contributed by atoms with E-state index in [0.29, 0.717) is 10.7 Å². The van der Waals surface area contributed by atoms with Gasteiger partial charge in [-0.3, -0.25) is 0 Å². The van der Waals surface area contributed by atoms with Crippen LogP contribution in [-0.4, -0.2) is 9.97 Å². The standard InChI is InChI=1S/C13H14FN3S/c1-2-5-9-12(15)16-8-17-13(9)18-11-7-4-3-6-10(11)14/h3-4,6-8H,2,5H2,1H3,(H2,15,16,17). The van der Waals surface area contributed by atoms with Crippen LogP contribution in [0.5, 0.6) is 0 Å². The molecule has 0 unspecified atom stereocenters. The molecule has 94 valence electrons. The summed E-state index contributed by atoms with van der Waals surface area (Å²) in [5, 5.41) is 0.731. The Morgan fingerprint density at radius 1 is 1.28 bits per heavy atom. The van der Waals surface area contributed by atoms with Crippen LogP contribution in [0.15, 0.2) is 40.5 Å². The van der Waals surface area contributed by atoms with Gasteiger partial charge >= 0.3 is 0 Å². The molecule has 1 aromatic carbocycles. The number of rotatable bonds is 4. The minimum Gasteiger partial charge on any atom is -0.383 e. The predicted molar refractivity (Wildman–Crippen MR) is 71.0 cm³/mol. The van der Waals surface area contributed by atoms with Crippen LogP contribution < -0.4 is 5.73 Å². The minimum atomic E-state index is -0.248. The number of nitrogens with zero attached hydrogens (tertiary/aromatic N) is 2. The van der Waals surface area contributed by atoms with Gasteiger partial charge in [0.2, 0.25) is 0 Å². The fourth-order valence-corrected chi connectivity index (χ4v) is 2.56. The van der Waals surface area contributed by atoms with Gasteiger partial charge in [-0.15, -0.1) is 0 Å². The Morgan fingerprint density at radius 3 is 2.78 bits per heavy atom. The number of nitrogen functional groups attached to an aromatic ring is 1. The summed E-state index contributed by atoms with van der Waals surface area (Å²) < 4.78 is 13.6. The number of anilines is 1. The first-order valence-corrected chi connectivity index (χ1v) is 6.55. The zero-order valence-corrected chi connectivity index (χ0v) is 10.9. The van der Waals surface area contributed by atoms with Gasteiger partial charge in [0.25, 0.3) is 0 Å². The summed E-state index contributed by atoms with van der Waals surface area (Å²) in [7, 11) is 0. The number of nitrogens with two attached hydrogens (primary N) is 1. The van der Waals surface area contributed by atoms with Crippen molar-refractivity contribution in [1.82, 2.24) is 9.97 Å². The summed E-state index contributed by atoms with van der Waals surface area (Å²) in [6, 6.07) is 6.64. The molecule has 0 aliphatic rings. The molecule has 0 aliphatic carbocycles. The van der Waals surface area contributed by atoms with E-state index in [-0.39, 0.29) is 5.82 Å². The highest BCUT2D eigenvalue weighted by Gasteiger charge is 2.11. The first-order chi connectivity index (χ1) is 8.72. The van der Waals surface area contributed by atoms with Crippen molar-refractivity contribution in [2.45, 2.75) is 29.7 Å². The molecule has 2 rings (SSSR count). The van der Waals surface area contributed by atoms with Crippen molar-refractivity contribution >= 4 is 17.6 Å². The van der Waals surface area contributed by atoms with E-state index >= 15 is 0 Å². The van der Waals surface area contributed by atoms with Gasteiger partial charge in [0.05, 0.1) is 0 Å². The Morgan fingerprint density at radius 2 is 2.06 bits per heavy atom. The highest BCUT2D eigenvalue weighted by Crippen LogP contribution is 2.32. The summed E-state index contributed by atoms with van der Waals surface area (Å²) in [4.78, 5) is 8.73. The third-order valence-electron chi connectivity index (χ3n) is 2.48. The number of benzene rings is 1. The van der Waals surface area contributed by atoms with Crippen molar-refractivity contribution in [3.63, 3.8) is 0 Å². The van der Waals surface area contributed by atoms with Crippen LogP contribution >= 0.6 is 11.8 Å². The molecule has 0 aliphatic heterocycles. The highest BCUT2D eigenvalue weighted by molar-refractivity contribution is 7.99. The van der Waals surface area contributed by atoms with E-state index < -0.39 is 0 Å². The smallest absolute Gasteiger partial charge is 0.137 e. The second-order valence-electron chi connectivity index (χ2n) is 3.83. The van der Waals surface area contributed by atoms with E-state index in [4.69, 9.17) is 5.73 Å². The van der Waals surface area contributed by atoms with E-state index in [1.54, 1.807) is 18.2 Å². The van der Waals surface area contributed by atoms with Crippen LogP contribution in [0.3, 0.4) is 0 Å². The lowest BCUT2D eigenvalue weighted by Gasteiger charge is -2.09. The van der Waals surface area contributed by atoms with E-state index in [9.17, 15) is 4.39 Å². The van der Waals surface area contributed by atoms with Gasteiger partial charge in [-0.05, 0) is 18.6 Å². The van der Waals surface area contributed by atoms with Crippen molar-refractivity contribution in [1.29, 1.82) is 0 Å². The Bertz CT molecular complexity index is 546. The van der Waals surface area contributed by atoms with Crippen LogP contribution in [0.25, 0.3) is 0 Å². The summed E-state index contributed by atoms with van der Waals surface area (Å²) in [6.45, 7) is 2.06. The quantitative estimate of drug-likeness (QED) is 0.860. The number of aromatic nitrogens is 2. The molecule has 0 saturated heterocycles. The number of halogens is 1. The maximum Gasteiger partial charge on any atom is 0.137 e. The highest BCUT2D eigenvalue weighted by atomic mass is 32.2. The summed E-state index contributed by atoms with van der Waals surface area (Å²) >= 11 is 1.29. The Balaban J connectivity index is 2.34. The second kappa shape index (κ2) is 5.82. The number of hydrogen-bond donors (Lipinski definition) is 1. The average molecular weight is 263 g/mol. The van der Waals surface area contributed by atoms with Crippen molar-refractivity contribution < 1.29 is 4.39 Å². The SMILES string of the molecule is CCCc1c(N)ncnc1Sc1ccccc1F. The van der Waals surface area contributed by atoms with Gasteiger partial charge in [-0.1, -0.05) is 37.2 Å². The summed E-state index contributed by atoms with van der Waals surface area (Å²) in [5.41, 5.74) is 6.74. The van der Waals surface area contributed by atoms with Crippen molar-refractivity contribution in [3.8, 4) is 0 Å². The molecule has 0 fully saturated rings. The lowest BCUT2D eigenvalue weighted by atomic mass is 10.2. The van der Waals surface area contributed by atoms with Crippen molar-refractivity contribution in [2.24, 2.45) is 0 Å². The van der Waals surface area contributed by atoms with Gasteiger partial charge in [-0.2, -0.15) is 0 Å². The Labute approximate surface area is 110 Å². The molecule has 0 radical (unpaired) electrons. The van der Waals surface area contributed by atoms with Crippen LogP contribution in [0, 0.1) is 5.82 Å². The molecule has 0 bridgehead atoms. The van der Waals surface area contributed by atoms with Gasteiger partial charge in [-0.25, -0.2) is 14.4 Å². The van der Waals surface area contributed by atoms with Gasteiger partial charge in [0.1, 0.15) is 23.0 Å². The number of hydrogen-bond acceptors (Lipinski definition) is 4. The van der Waals surface area contributed by atoms with Gasteiger partial charge in [0, 0.05) is 10.5 Å². The Hall–Kier alpha value is -1.62. The lowest BCUT2D eigenvalue weighted by molar-refractivity contribution is 0.602. The third kappa shape index (κ3) is 2.79. The molecule has 2 aromatic rings. The van der Waals surface area contributed by atoms with E-state index in [1.165, 1.54) is 24.2 Å². The molecule has 0 atom stereocenters. The fourth-order valence-electron chi connectivity index (χ4n) is 1.61. The van der Waals surface area contributed by atoms with Gasteiger partial charge in [0.15, 0.2) is 0 Å². The molecular weight excluding hydrogens is 249 g/mol. The first kappa shape index (κ1) is 12.8. The van der Waals surface area contributed by atoms with E-state index in [0.717, 1.165) is 23.4 Å². The first-order valence-electron chi connectivity index (χ1n) is 5.74. The predicted octanol–water partition coefficient (Wildman–Crippen LogP) is 3.30. The Kier molecular flexibility index (Phi) is 4.15. The molecule has 0 saturated carbocycles. The molecular formula is C13H14FN3S. The topological polar surface area (TPSA) is 51.8 Å². The molecule has 5 heteroatoms. The average Bonchev–Trinajstić information content (AvgIpc) is 2.36.